The van der Waals surface area contributed by atoms with Gasteiger partial charge >= 0.3 is 6.61 Å². The molecule has 3 rings (SSSR count). The van der Waals surface area contributed by atoms with Crippen LogP contribution in [0, 0.1) is 0 Å². The fourth-order valence-electron chi connectivity index (χ4n) is 2.75. The van der Waals surface area contributed by atoms with Gasteiger partial charge in [-0.1, -0.05) is 5.21 Å². The summed E-state index contributed by atoms with van der Waals surface area (Å²) in [5.74, 6) is -0.349. The van der Waals surface area contributed by atoms with Crippen LogP contribution in [0.3, 0.4) is 0 Å². The lowest BCUT2D eigenvalue weighted by atomic mass is 10.1. The normalized spacial score (nSPS) is 14.5. The summed E-state index contributed by atoms with van der Waals surface area (Å²) in [5, 5.41) is 13.7. The van der Waals surface area contributed by atoms with Crippen LogP contribution in [0.5, 0.6) is 11.5 Å². The number of nitrogens with one attached hydrogen (secondary N) is 2. The highest BCUT2D eigenvalue weighted by atomic mass is 35.5. The molecular formula is C16H20ClF2N5O3. The number of anilines is 1. The van der Waals surface area contributed by atoms with Crippen molar-refractivity contribution in [3.63, 3.8) is 0 Å². The van der Waals surface area contributed by atoms with E-state index in [1.54, 1.807) is 10.9 Å². The van der Waals surface area contributed by atoms with Crippen molar-refractivity contribution in [1.29, 1.82) is 0 Å². The minimum Gasteiger partial charge on any atom is -0.497 e. The number of amides is 1. The number of carbonyl (C=O) groups excluding carboxylic acids is 1. The van der Waals surface area contributed by atoms with Gasteiger partial charge in [0.15, 0.2) is 5.69 Å². The zero-order valence-electron chi connectivity index (χ0n) is 14.5. The first-order valence-corrected chi connectivity index (χ1v) is 8.13. The number of aromatic nitrogens is 3. The molecule has 27 heavy (non-hydrogen) atoms. The van der Waals surface area contributed by atoms with Crippen molar-refractivity contribution in [2.24, 2.45) is 0 Å². The van der Waals surface area contributed by atoms with E-state index < -0.39 is 12.5 Å². The summed E-state index contributed by atoms with van der Waals surface area (Å²) in [6.45, 7) is -1.26. The molecule has 0 bridgehead atoms. The van der Waals surface area contributed by atoms with Gasteiger partial charge in [-0.25, -0.2) is 4.68 Å². The predicted molar refractivity (Wildman–Crippen MR) is 96.0 cm³/mol. The maximum Gasteiger partial charge on any atom is 0.387 e. The van der Waals surface area contributed by atoms with Gasteiger partial charge in [0, 0.05) is 6.07 Å². The zero-order chi connectivity index (χ0) is 18.5. The van der Waals surface area contributed by atoms with Gasteiger partial charge in [-0.2, -0.15) is 8.78 Å². The highest BCUT2D eigenvalue weighted by Gasteiger charge is 2.20. The molecule has 0 atom stereocenters. The Labute approximate surface area is 160 Å². The van der Waals surface area contributed by atoms with Crippen molar-refractivity contribution < 1.29 is 23.0 Å². The van der Waals surface area contributed by atoms with E-state index in [1.165, 1.54) is 25.3 Å². The van der Waals surface area contributed by atoms with Crippen LogP contribution in [-0.2, 0) is 0 Å². The first-order valence-electron chi connectivity index (χ1n) is 8.13. The van der Waals surface area contributed by atoms with Crippen LogP contribution in [0.2, 0.25) is 0 Å². The number of piperidine rings is 1. The molecule has 8 nitrogen and oxygen atoms in total. The van der Waals surface area contributed by atoms with Crippen LogP contribution in [0.4, 0.5) is 14.5 Å². The lowest BCUT2D eigenvalue weighted by Gasteiger charge is -2.22. The van der Waals surface area contributed by atoms with Gasteiger partial charge in [-0.15, -0.1) is 17.5 Å². The summed E-state index contributed by atoms with van der Waals surface area (Å²) in [6.07, 6.45) is 3.35. The van der Waals surface area contributed by atoms with Gasteiger partial charge in [-0.3, -0.25) is 4.79 Å². The van der Waals surface area contributed by atoms with Crippen molar-refractivity contribution >= 4 is 24.0 Å². The number of hydrogen-bond acceptors (Lipinski definition) is 6. The van der Waals surface area contributed by atoms with Crippen molar-refractivity contribution in [1.82, 2.24) is 20.3 Å². The molecule has 0 radical (unpaired) electrons. The molecule has 2 aromatic rings. The summed E-state index contributed by atoms with van der Waals surface area (Å²) in [6, 6.07) is 4.33. The van der Waals surface area contributed by atoms with Gasteiger partial charge in [0.2, 0.25) is 0 Å². The first-order chi connectivity index (χ1) is 12.6. The number of nitrogens with zero attached hydrogens (tertiary/aromatic N) is 3. The molecule has 0 unspecified atom stereocenters. The average molecular weight is 404 g/mol. The van der Waals surface area contributed by atoms with Crippen LogP contribution in [0.1, 0.15) is 29.4 Å². The Kier molecular flexibility index (Phi) is 7.31. The summed E-state index contributed by atoms with van der Waals surface area (Å²) in [7, 11) is 1.43. The van der Waals surface area contributed by atoms with E-state index >= 15 is 0 Å². The smallest absolute Gasteiger partial charge is 0.387 e. The van der Waals surface area contributed by atoms with E-state index in [9.17, 15) is 13.6 Å². The number of benzene rings is 1. The molecule has 1 amide bonds. The lowest BCUT2D eigenvalue weighted by molar-refractivity contribution is -0.0494. The van der Waals surface area contributed by atoms with Crippen LogP contribution in [0.25, 0.3) is 0 Å². The van der Waals surface area contributed by atoms with Crippen LogP contribution < -0.4 is 20.1 Å². The third-order valence-electron chi connectivity index (χ3n) is 4.08. The molecule has 1 saturated heterocycles. The number of rotatable bonds is 6. The third kappa shape index (κ3) is 5.27. The molecule has 2 heterocycles. The van der Waals surface area contributed by atoms with Crippen molar-refractivity contribution in [3.05, 3.63) is 30.1 Å². The number of halogens is 3. The molecule has 2 N–H and O–H groups in total. The number of carbonyl (C=O) groups is 1. The van der Waals surface area contributed by atoms with E-state index in [-0.39, 0.29) is 35.6 Å². The van der Waals surface area contributed by atoms with E-state index in [0.717, 1.165) is 25.9 Å². The molecule has 11 heteroatoms. The molecule has 1 aliphatic rings. The second-order valence-electron chi connectivity index (χ2n) is 5.76. The second-order valence-corrected chi connectivity index (χ2v) is 5.76. The molecule has 0 spiro atoms. The molecule has 1 fully saturated rings. The van der Waals surface area contributed by atoms with E-state index in [4.69, 9.17) is 4.74 Å². The molecule has 1 aromatic heterocycles. The number of hydrogen-bond donors (Lipinski definition) is 2. The minimum absolute atomic E-state index is 0. The molecule has 0 saturated carbocycles. The Morgan fingerprint density at radius 1 is 1.37 bits per heavy atom. The molecular weight excluding hydrogens is 384 g/mol. The number of methoxy groups -OCH3 is 1. The SMILES string of the molecule is COc1ccc(OC(F)F)c(NC(=O)c2cn(C3CCNCC3)nn2)c1.Cl. The van der Waals surface area contributed by atoms with Gasteiger partial charge in [0.05, 0.1) is 25.0 Å². The van der Waals surface area contributed by atoms with Crippen molar-refractivity contribution in [2.75, 3.05) is 25.5 Å². The third-order valence-corrected chi connectivity index (χ3v) is 4.08. The number of alkyl halides is 2. The average Bonchev–Trinajstić information content (AvgIpc) is 3.14. The topological polar surface area (TPSA) is 90.3 Å². The summed E-state index contributed by atoms with van der Waals surface area (Å²) >= 11 is 0. The van der Waals surface area contributed by atoms with Crippen LogP contribution in [-0.4, -0.2) is 47.7 Å². The Morgan fingerprint density at radius 2 is 2.11 bits per heavy atom. The van der Waals surface area contributed by atoms with E-state index in [1.807, 2.05) is 0 Å². The zero-order valence-corrected chi connectivity index (χ0v) is 15.3. The quantitative estimate of drug-likeness (QED) is 0.770. The standard InChI is InChI=1S/C16H19F2N5O3.ClH/c1-25-11-2-3-14(26-16(17)18)12(8-11)20-15(24)13-9-23(22-21-13)10-4-6-19-7-5-10;/h2-3,8-10,16,19H,4-7H2,1H3,(H,20,24);1H. The Bertz CT molecular complexity index is 768. The maximum absolute atomic E-state index is 12.6. The fraction of sp³-hybridized carbons (Fsp3) is 0.438. The predicted octanol–water partition coefficient (Wildman–Crippen LogP) is 2.49. The number of ether oxygens (including phenoxy) is 2. The highest BCUT2D eigenvalue weighted by Crippen LogP contribution is 2.30. The Balaban J connectivity index is 0.00000261. The second kappa shape index (κ2) is 9.47. The lowest BCUT2D eigenvalue weighted by Crippen LogP contribution is -2.29. The van der Waals surface area contributed by atoms with Gasteiger partial charge in [0.1, 0.15) is 11.5 Å². The van der Waals surface area contributed by atoms with Gasteiger partial charge < -0.3 is 20.1 Å². The summed E-state index contributed by atoms with van der Waals surface area (Å²) < 4.78 is 36.3. The van der Waals surface area contributed by atoms with Crippen molar-refractivity contribution in [2.45, 2.75) is 25.5 Å². The van der Waals surface area contributed by atoms with Crippen molar-refractivity contribution in [3.8, 4) is 11.5 Å². The fourth-order valence-corrected chi connectivity index (χ4v) is 2.75. The monoisotopic (exact) mass is 403 g/mol. The largest absolute Gasteiger partial charge is 0.497 e. The summed E-state index contributed by atoms with van der Waals surface area (Å²) in [4.78, 5) is 12.4. The maximum atomic E-state index is 12.6. The Hall–Kier alpha value is -2.46. The van der Waals surface area contributed by atoms with E-state index in [0.29, 0.717) is 5.75 Å². The molecule has 1 aromatic carbocycles. The highest BCUT2D eigenvalue weighted by molar-refractivity contribution is 6.03. The van der Waals surface area contributed by atoms with Crippen LogP contribution >= 0.6 is 12.4 Å². The van der Waals surface area contributed by atoms with Gasteiger partial charge in [0.25, 0.3) is 5.91 Å². The molecule has 1 aliphatic heterocycles. The van der Waals surface area contributed by atoms with Gasteiger partial charge in [-0.05, 0) is 38.1 Å². The van der Waals surface area contributed by atoms with Crippen LogP contribution in [0.15, 0.2) is 24.4 Å². The summed E-state index contributed by atoms with van der Waals surface area (Å²) in [5.41, 5.74) is 0.153. The first kappa shape index (κ1) is 20.8. The van der Waals surface area contributed by atoms with E-state index in [2.05, 4.69) is 25.7 Å². The molecule has 148 valence electrons. The Morgan fingerprint density at radius 3 is 2.78 bits per heavy atom. The molecule has 0 aliphatic carbocycles. The minimum atomic E-state index is -3.01.